The quantitative estimate of drug-likeness (QED) is 0.697. The lowest BCUT2D eigenvalue weighted by Gasteiger charge is -2.29. The van der Waals surface area contributed by atoms with Gasteiger partial charge in [0.25, 0.3) is 0 Å². The van der Waals surface area contributed by atoms with Crippen LogP contribution in [0.25, 0.3) is 0 Å². The average molecular weight is 256 g/mol. The van der Waals surface area contributed by atoms with Gasteiger partial charge in [0.2, 0.25) is 11.8 Å². The number of hydrogen-bond acceptors (Lipinski definition) is 3. The molecule has 3 N–H and O–H groups in total. The van der Waals surface area contributed by atoms with Gasteiger partial charge in [-0.2, -0.15) is 0 Å². The lowest BCUT2D eigenvalue weighted by atomic mass is 9.80. The van der Waals surface area contributed by atoms with E-state index in [4.69, 9.17) is 5.73 Å². The molecule has 0 aromatic rings. The van der Waals surface area contributed by atoms with Crippen molar-refractivity contribution in [2.24, 2.45) is 23.0 Å². The molecular weight excluding hydrogens is 236 g/mol. The molecule has 102 valence electrons. The molecule has 1 aliphatic heterocycles. The number of carbonyl (C=O) groups is 3. The Morgan fingerprint density at radius 3 is 2.22 bits per heavy atom. The highest BCUT2D eigenvalue weighted by molar-refractivity contribution is 5.98. The highest BCUT2D eigenvalue weighted by Gasteiger charge is 2.42. The molecule has 1 rings (SSSR count). The summed E-state index contributed by atoms with van der Waals surface area (Å²) in [4.78, 5) is 35.9. The number of carboxylic acid groups (broad SMARTS) is 1. The molecule has 1 heterocycles. The monoisotopic (exact) mass is 256 g/mol. The third kappa shape index (κ3) is 3.00. The van der Waals surface area contributed by atoms with Crippen LogP contribution in [0.3, 0.4) is 0 Å². The van der Waals surface area contributed by atoms with E-state index in [9.17, 15) is 19.5 Å². The Morgan fingerprint density at radius 2 is 1.89 bits per heavy atom. The van der Waals surface area contributed by atoms with Gasteiger partial charge in [-0.05, 0) is 11.8 Å². The Kier molecular flexibility index (Phi) is 3.98. The largest absolute Gasteiger partial charge is 0.481 e. The number of carbonyl (C=O) groups excluding carboxylic acids is 2. The van der Waals surface area contributed by atoms with Gasteiger partial charge in [0.05, 0.1) is 5.92 Å². The van der Waals surface area contributed by atoms with Crippen molar-refractivity contribution >= 4 is 17.8 Å². The van der Waals surface area contributed by atoms with Gasteiger partial charge in [-0.15, -0.1) is 0 Å². The van der Waals surface area contributed by atoms with Crippen molar-refractivity contribution in [3.05, 3.63) is 0 Å². The highest BCUT2D eigenvalue weighted by Crippen LogP contribution is 2.30. The van der Waals surface area contributed by atoms with Gasteiger partial charge in [-0.1, -0.05) is 20.8 Å². The van der Waals surface area contributed by atoms with Crippen molar-refractivity contribution in [3.63, 3.8) is 0 Å². The van der Waals surface area contributed by atoms with E-state index in [0.29, 0.717) is 13.0 Å². The second-order valence-corrected chi connectivity index (χ2v) is 5.81. The summed E-state index contributed by atoms with van der Waals surface area (Å²) in [7, 11) is 0. The fraction of sp³-hybridized carbons (Fsp3) is 0.750. The van der Waals surface area contributed by atoms with Crippen molar-refractivity contribution < 1.29 is 19.5 Å². The number of likely N-dealkylation sites (tertiary alicyclic amines) is 1. The maximum Gasteiger partial charge on any atom is 0.316 e. The molecule has 0 spiro atoms. The minimum atomic E-state index is -1.13. The predicted molar refractivity (Wildman–Crippen MR) is 64.5 cm³/mol. The zero-order chi connectivity index (χ0) is 14.1. The minimum Gasteiger partial charge on any atom is -0.481 e. The van der Waals surface area contributed by atoms with Crippen molar-refractivity contribution in [3.8, 4) is 0 Å². The van der Waals surface area contributed by atoms with Crippen LogP contribution in [0.1, 0.15) is 27.2 Å². The predicted octanol–water partition coefficient (Wildman–Crippen LogP) is 0.0671. The van der Waals surface area contributed by atoms with Crippen LogP contribution in [-0.2, 0) is 14.4 Å². The van der Waals surface area contributed by atoms with E-state index in [1.54, 1.807) is 20.8 Å². The van der Waals surface area contributed by atoms with Gasteiger partial charge in [0.1, 0.15) is 5.92 Å². The van der Waals surface area contributed by atoms with Gasteiger partial charge in [-0.3, -0.25) is 14.4 Å². The molecular formula is C12H20N2O4. The molecule has 1 fully saturated rings. The summed E-state index contributed by atoms with van der Waals surface area (Å²) in [6.45, 7) is 5.77. The maximum atomic E-state index is 12.2. The molecule has 0 saturated carbocycles. The lowest BCUT2D eigenvalue weighted by molar-refractivity contribution is -0.155. The van der Waals surface area contributed by atoms with Crippen LogP contribution < -0.4 is 5.73 Å². The first-order chi connectivity index (χ1) is 8.14. The van der Waals surface area contributed by atoms with Crippen LogP contribution in [0.4, 0.5) is 0 Å². The molecule has 1 aliphatic rings. The van der Waals surface area contributed by atoms with Gasteiger partial charge >= 0.3 is 5.97 Å². The van der Waals surface area contributed by atoms with Gasteiger partial charge < -0.3 is 15.7 Å². The zero-order valence-corrected chi connectivity index (χ0v) is 11.0. The van der Waals surface area contributed by atoms with E-state index in [-0.39, 0.29) is 12.5 Å². The molecule has 0 radical (unpaired) electrons. The third-order valence-corrected chi connectivity index (χ3v) is 3.26. The standard InChI is InChI=1S/C12H20N2O4/c1-12(2,3)8(11(17)18)10(16)14-5-4-7(6-14)9(13)15/h7-8H,4-6H2,1-3H3,(H2,13,15)(H,17,18). The molecule has 2 amide bonds. The summed E-state index contributed by atoms with van der Waals surface area (Å²) < 4.78 is 0. The van der Waals surface area contributed by atoms with Crippen LogP contribution in [0.15, 0.2) is 0 Å². The van der Waals surface area contributed by atoms with E-state index in [0.717, 1.165) is 0 Å². The highest BCUT2D eigenvalue weighted by atomic mass is 16.4. The average Bonchev–Trinajstić information content (AvgIpc) is 2.62. The summed E-state index contributed by atoms with van der Waals surface area (Å²) in [5.41, 5.74) is 4.53. The van der Waals surface area contributed by atoms with Crippen molar-refractivity contribution in [1.29, 1.82) is 0 Å². The number of nitrogens with zero attached hydrogens (tertiary/aromatic N) is 1. The second kappa shape index (κ2) is 4.96. The summed E-state index contributed by atoms with van der Waals surface area (Å²) in [6, 6.07) is 0. The van der Waals surface area contributed by atoms with Crippen molar-refractivity contribution in [2.45, 2.75) is 27.2 Å². The fourth-order valence-electron chi connectivity index (χ4n) is 2.22. The molecule has 18 heavy (non-hydrogen) atoms. The normalized spacial score (nSPS) is 21.7. The Balaban J connectivity index is 2.81. The minimum absolute atomic E-state index is 0.230. The molecule has 0 aliphatic carbocycles. The Bertz CT molecular complexity index is 373. The third-order valence-electron chi connectivity index (χ3n) is 3.26. The summed E-state index contributed by atoms with van der Waals surface area (Å²) >= 11 is 0. The van der Waals surface area contributed by atoms with Gasteiger partial charge in [-0.25, -0.2) is 0 Å². The molecule has 0 aromatic heterocycles. The summed E-state index contributed by atoms with van der Waals surface area (Å²) in [5.74, 6) is -3.45. The lowest BCUT2D eigenvalue weighted by Crippen LogP contribution is -2.44. The maximum absolute atomic E-state index is 12.2. The molecule has 0 bridgehead atoms. The number of carboxylic acids is 1. The van der Waals surface area contributed by atoms with Crippen molar-refractivity contribution in [1.82, 2.24) is 4.90 Å². The zero-order valence-electron chi connectivity index (χ0n) is 11.0. The number of aliphatic carboxylic acids is 1. The molecule has 2 atom stereocenters. The summed E-state index contributed by atoms with van der Waals surface area (Å²) in [5, 5.41) is 9.18. The van der Waals surface area contributed by atoms with Gasteiger partial charge in [0, 0.05) is 13.1 Å². The Morgan fingerprint density at radius 1 is 1.33 bits per heavy atom. The molecule has 2 unspecified atom stereocenters. The topological polar surface area (TPSA) is 101 Å². The SMILES string of the molecule is CC(C)(C)C(C(=O)O)C(=O)N1CCC(C(N)=O)C1. The number of rotatable bonds is 3. The molecule has 0 aromatic carbocycles. The first-order valence-electron chi connectivity index (χ1n) is 5.95. The number of amides is 2. The van der Waals surface area contributed by atoms with E-state index in [1.807, 2.05) is 0 Å². The molecule has 6 nitrogen and oxygen atoms in total. The van der Waals surface area contributed by atoms with Crippen LogP contribution in [0.2, 0.25) is 0 Å². The number of hydrogen-bond donors (Lipinski definition) is 2. The molecule has 6 heteroatoms. The van der Waals surface area contributed by atoms with Gasteiger partial charge in [0.15, 0.2) is 0 Å². The Labute approximate surface area is 106 Å². The number of primary amides is 1. The van der Waals surface area contributed by atoms with Crippen molar-refractivity contribution in [2.75, 3.05) is 13.1 Å². The molecule has 1 saturated heterocycles. The fourth-order valence-corrected chi connectivity index (χ4v) is 2.22. The van der Waals surface area contributed by atoms with E-state index in [1.165, 1.54) is 4.90 Å². The van der Waals surface area contributed by atoms with E-state index < -0.39 is 29.1 Å². The smallest absolute Gasteiger partial charge is 0.316 e. The van der Waals surface area contributed by atoms with Crippen LogP contribution >= 0.6 is 0 Å². The first kappa shape index (κ1) is 14.5. The number of nitrogens with two attached hydrogens (primary N) is 1. The van der Waals surface area contributed by atoms with Crippen LogP contribution in [0.5, 0.6) is 0 Å². The summed E-state index contributed by atoms with van der Waals surface area (Å²) in [6.07, 6.45) is 0.511. The first-order valence-corrected chi connectivity index (χ1v) is 5.95. The van der Waals surface area contributed by atoms with Crippen LogP contribution in [0, 0.1) is 17.3 Å². The Hall–Kier alpha value is -1.59. The second-order valence-electron chi connectivity index (χ2n) is 5.81. The van der Waals surface area contributed by atoms with Crippen LogP contribution in [-0.4, -0.2) is 40.9 Å². The van der Waals surface area contributed by atoms with E-state index >= 15 is 0 Å². The van der Waals surface area contributed by atoms with E-state index in [2.05, 4.69) is 0 Å².